The first-order chi connectivity index (χ1) is 8.08. The van der Waals surface area contributed by atoms with Crippen molar-refractivity contribution in [1.29, 1.82) is 0 Å². The molecule has 0 aliphatic heterocycles. The van der Waals surface area contributed by atoms with Gasteiger partial charge in [0.15, 0.2) is 11.6 Å². The van der Waals surface area contributed by atoms with Crippen LogP contribution in [0.15, 0.2) is 30.7 Å². The lowest BCUT2D eigenvalue weighted by molar-refractivity contribution is 0.506. The number of hydrogen-bond donors (Lipinski definition) is 1. The fourth-order valence-electron chi connectivity index (χ4n) is 1.75. The molecule has 0 spiro atoms. The van der Waals surface area contributed by atoms with Gasteiger partial charge in [-0.1, -0.05) is 6.07 Å². The summed E-state index contributed by atoms with van der Waals surface area (Å²) >= 11 is 0. The van der Waals surface area contributed by atoms with Gasteiger partial charge in [0.2, 0.25) is 0 Å². The highest BCUT2D eigenvalue weighted by Crippen LogP contribution is 2.17. The molecule has 0 saturated carbocycles. The molecule has 90 valence electrons. The quantitative estimate of drug-likeness (QED) is 0.886. The largest absolute Gasteiger partial charge is 0.336 e. The third kappa shape index (κ3) is 2.50. The fraction of sp³-hybridized carbons (Fsp3) is 0.250. The molecule has 3 nitrogen and oxygen atoms in total. The van der Waals surface area contributed by atoms with E-state index in [-0.39, 0.29) is 6.04 Å². The minimum absolute atomic E-state index is 0.285. The van der Waals surface area contributed by atoms with E-state index in [9.17, 15) is 8.78 Å². The maximum Gasteiger partial charge on any atom is 0.159 e. The first-order valence-corrected chi connectivity index (χ1v) is 5.23. The third-order valence-electron chi connectivity index (χ3n) is 2.67. The predicted molar refractivity (Wildman–Crippen MR) is 60.2 cm³/mol. The number of rotatable bonds is 3. The van der Waals surface area contributed by atoms with E-state index in [4.69, 9.17) is 5.73 Å². The molecule has 5 heteroatoms. The molecule has 0 bridgehead atoms. The molecule has 1 atom stereocenters. The monoisotopic (exact) mass is 237 g/mol. The highest BCUT2D eigenvalue weighted by molar-refractivity contribution is 5.20. The minimum atomic E-state index is -0.847. The molecule has 0 aliphatic carbocycles. The number of benzene rings is 1. The Morgan fingerprint density at radius 3 is 2.71 bits per heavy atom. The maximum absolute atomic E-state index is 13.0. The summed E-state index contributed by atoms with van der Waals surface area (Å²) in [5, 5.41) is 0. The van der Waals surface area contributed by atoms with Gasteiger partial charge in [-0.05, 0) is 24.1 Å². The van der Waals surface area contributed by atoms with Crippen molar-refractivity contribution in [1.82, 2.24) is 9.55 Å². The van der Waals surface area contributed by atoms with Gasteiger partial charge in [0, 0.05) is 13.2 Å². The van der Waals surface area contributed by atoms with Gasteiger partial charge in [-0.15, -0.1) is 0 Å². The van der Waals surface area contributed by atoms with E-state index in [0.29, 0.717) is 12.0 Å². The Morgan fingerprint density at radius 2 is 2.12 bits per heavy atom. The zero-order chi connectivity index (χ0) is 12.4. The van der Waals surface area contributed by atoms with Crippen LogP contribution in [-0.2, 0) is 13.5 Å². The Balaban J connectivity index is 2.16. The molecule has 0 fully saturated rings. The van der Waals surface area contributed by atoms with Crippen LogP contribution in [0.2, 0.25) is 0 Å². The number of halogens is 2. The first-order valence-electron chi connectivity index (χ1n) is 5.23. The van der Waals surface area contributed by atoms with Crippen LogP contribution in [0.3, 0.4) is 0 Å². The van der Waals surface area contributed by atoms with Crippen LogP contribution in [0.5, 0.6) is 0 Å². The van der Waals surface area contributed by atoms with Gasteiger partial charge >= 0.3 is 0 Å². The van der Waals surface area contributed by atoms with Crippen LogP contribution in [0, 0.1) is 11.6 Å². The number of aryl methyl sites for hydroxylation is 1. The average molecular weight is 237 g/mol. The lowest BCUT2D eigenvalue weighted by Crippen LogP contribution is -2.16. The number of hydrogen-bond acceptors (Lipinski definition) is 2. The van der Waals surface area contributed by atoms with Gasteiger partial charge in [0.1, 0.15) is 0 Å². The standard InChI is InChI=1S/C12H13F2N3/c1-17-7-16-6-12(17)11(15)5-8-2-3-9(13)10(14)4-8/h2-4,6-7,11H,5,15H2,1H3. The Kier molecular flexibility index (Phi) is 3.19. The molecule has 1 heterocycles. The third-order valence-corrected chi connectivity index (χ3v) is 2.67. The van der Waals surface area contributed by atoms with Gasteiger partial charge in [0.05, 0.1) is 18.1 Å². The van der Waals surface area contributed by atoms with Crippen LogP contribution < -0.4 is 5.73 Å². The summed E-state index contributed by atoms with van der Waals surface area (Å²) in [7, 11) is 1.84. The van der Waals surface area contributed by atoms with Gasteiger partial charge in [-0.2, -0.15) is 0 Å². The van der Waals surface area contributed by atoms with Crippen LogP contribution in [-0.4, -0.2) is 9.55 Å². The highest BCUT2D eigenvalue weighted by Gasteiger charge is 2.12. The van der Waals surface area contributed by atoms with Crippen LogP contribution in [0.1, 0.15) is 17.3 Å². The Bertz CT molecular complexity index is 522. The SMILES string of the molecule is Cn1cncc1C(N)Cc1ccc(F)c(F)c1. The fourth-order valence-corrected chi connectivity index (χ4v) is 1.75. The molecule has 1 aromatic carbocycles. The van der Waals surface area contributed by atoms with Crippen molar-refractivity contribution < 1.29 is 8.78 Å². The van der Waals surface area contributed by atoms with Gasteiger partial charge in [0.25, 0.3) is 0 Å². The van der Waals surface area contributed by atoms with Crippen molar-refractivity contribution >= 4 is 0 Å². The van der Waals surface area contributed by atoms with E-state index in [0.717, 1.165) is 11.8 Å². The molecule has 0 radical (unpaired) electrons. The van der Waals surface area contributed by atoms with Gasteiger partial charge < -0.3 is 10.3 Å². The molecule has 1 unspecified atom stereocenters. The molecule has 0 amide bonds. The van der Waals surface area contributed by atoms with E-state index in [1.54, 1.807) is 12.5 Å². The molecule has 2 rings (SSSR count). The van der Waals surface area contributed by atoms with E-state index in [1.807, 2.05) is 11.6 Å². The van der Waals surface area contributed by atoms with Crippen molar-refractivity contribution in [3.63, 3.8) is 0 Å². The van der Waals surface area contributed by atoms with Gasteiger partial charge in [-0.3, -0.25) is 0 Å². The molecule has 1 aromatic heterocycles. The number of aromatic nitrogens is 2. The summed E-state index contributed by atoms with van der Waals surface area (Å²) in [6.45, 7) is 0. The summed E-state index contributed by atoms with van der Waals surface area (Å²) in [6, 6.07) is 3.54. The molecular weight excluding hydrogens is 224 g/mol. The number of nitrogens with zero attached hydrogens (tertiary/aromatic N) is 2. The Morgan fingerprint density at radius 1 is 1.35 bits per heavy atom. The number of imidazole rings is 1. The van der Waals surface area contributed by atoms with Crippen molar-refractivity contribution in [2.75, 3.05) is 0 Å². The molecule has 2 aromatic rings. The first kappa shape index (κ1) is 11.7. The van der Waals surface area contributed by atoms with Crippen molar-refractivity contribution in [2.24, 2.45) is 12.8 Å². The summed E-state index contributed by atoms with van der Waals surface area (Å²) in [6.07, 6.45) is 3.77. The van der Waals surface area contributed by atoms with E-state index < -0.39 is 11.6 Å². The van der Waals surface area contributed by atoms with Crippen LogP contribution in [0.4, 0.5) is 8.78 Å². The smallest absolute Gasteiger partial charge is 0.159 e. The minimum Gasteiger partial charge on any atom is -0.336 e. The second kappa shape index (κ2) is 4.63. The second-order valence-electron chi connectivity index (χ2n) is 3.99. The van der Waals surface area contributed by atoms with Crippen LogP contribution in [0.25, 0.3) is 0 Å². The zero-order valence-electron chi connectivity index (χ0n) is 9.40. The Labute approximate surface area is 97.9 Å². The van der Waals surface area contributed by atoms with E-state index in [1.165, 1.54) is 12.1 Å². The van der Waals surface area contributed by atoms with Crippen LogP contribution >= 0.6 is 0 Å². The molecule has 0 aliphatic rings. The highest BCUT2D eigenvalue weighted by atomic mass is 19.2. The maximum atomic E-state index is 13.0. The lowest BCUT2D eigenvalue weighted by atomic mass is 10.0. The predicted octanol–water partition coefficient (Wildman–Crippen LogP) is 1.94. The summed E-state index contributed by atoms with van der Waals surface area (Å²) < 4.78 is 27.6. The summed E-state index contributed by atoms with van der Waals surface area (Å²) in [5.41, 5.74) is 7.50. The summed E-state index contributed by atoms with van der Waals surface area (Å²) in [4.78, 5) is 3.96. The number of nitrogens with two attached hydrogens (primary N) is 1. The van der Waals surface area contributed by atoms with Crippen molar-refractivity contribution in [3.8, 4) is 0 Å². The zero-order valence-corrected chi connectivity index (χ0v) is 9.40. The molecular formula is C12H13F2N3. The van der Waals surface area contributed by atoms with E-state index in [2.05, 4.69) is 4.98 Å². The summed E-state index contributed by atoms with van der Waals surface area (Å²) in [5.74, 6) is -1.69. The Hall–Kier alpha value is -1.75. The van der Waals surface area contributed by atoms with Gasteiger partial charge in [-0.25, -0.2) is 13.8 Å². The molecule has 2 N–H and O–H groups in total. The molecule has 17 heavy (non-hydrogen) atoms. The lowest BCUT2D eigenvalue weighted by Gasteiger charge is -2.12. The van der Waals surface area contributed by atoms with Crippen molar-refractivity contribution in [3.05, 3.63) is 53.6 Å². The topological polar surface area (TPSA) is 43.8 Å². The average Bonchev–Trinajstić information content (AvgIpc) is 2.70. The van der Waals surface area contributed by atoms with Crippen molar-refractivity contribution in [2.45, 2.75) is 12.5 Å². The second-order valence-corrected chi connectivity index (χ2v) is 3.99. The van der Waals surface area contributed by atoms with E-state index >= 15 is 0 Å². The normalized spacial score (nSPS) is 12.7. The molecule has 0 saturated heterocycles.